The molecular weight excluding hydrogens is 463 g/mol. The van der Waals surface area contributed by atoms with Gasteiger partial charge in [0.05, 0.1) is 30.2 Å². The number of halogens is 1. The number of urea groups is 1. The summed E-state index contributed by atoms with van der Waals surface area (Å²) in [5.74, 6) is -0.803. The molecule has 0 saturated carbocycles. The topological polar surface area (TPSA) is 140 Å². The van der Waals surface area contributed by atoms with Crippen molar-refractivity contribution in [3.05, 3.63) is 84.2 Å². The highest BCUT2D eigenvalue weighted by Gasteiger charge is 2.20. The van der Waals surface area contributed by atoms with Gasteiger partial charge in [0.25, 0.3) is 10.0 Å². The summed E-state index contributed by atoms with van der Waals surface area (Å²) in [4.78, 5) is 23.9. The quantitative estimate of drug-likeness (QED) is 0.367. The van der Waals surface area contributed by atoms with Crippen LogP contribution in [0.25, 0.3) is 0 Å². The van der Waals surface area contributed by atoms with Crippen LogP contribution in [0.4, 0.5) is 20.6 Å². The first-order valence-corrected chi connectivity index (χ1v) is 11.5. The van der Waals surface area contributed by atoms with Crippen LogP contribution in [0.5, 0.6) is 5.75 Å². The monoisotopic (exact) mass is 486 g/mol. The van der Waals surface area contributed by atoms with Crippen molar-refractivity contribution in [2.24, 2.45) is 5.73 Å². The molecule has 0 bridgehead atoms. The summed E-state index contributed by atoms with van der Waals surface area (Å²) >= 11 is 0. The Hall–Kier alpha value is -4.12. The van der Waals surface area contributed by atoms with Crippen LogP contribution in [0.2, 0.25) is 0 Å². The Morgan fingerprint density at radius 3 is 2.32 bits per heavy atom. The fourth-order valence-electron chi connectivity index (χ4n) is 3.19. The summed E-state index contributed by atoms with van der Waals surface area (Å²) in [6.07, 6.45) is -0.115. The van der Waals surface area contributed by atoms with Gasteiger partial charge in [0.15, 0.2) is 0 Å². The number of nitrogens with one attached hydrogen (secondary N) is 3. The van der Waals surface area contributed by atoms with E-state index in [1.165, 1.54) is 25.3 Å². The number of carbonyl (C=O) groups excluding carboxylic acids is 2. The van der Waals surface area contributed by atoms with E-state index in [-0.39, 0.29) is 28.4 Å². The van der Waals surface area contributed by atoms with Crippen molar-refractivity contribution < 1.29 is 27.1 Å². The zero-order valence-corrected chi connectivity index (χ0v) is 18.9. The van der Waals surface area contributed by atoms with Gasteiger partial charge >= 0.3 is 6.03 Å². The third-order valence-corrected chi connectivity index (χ3v) is 6.14. The van der Waals surface area contributed by atoms with Gasteiger partial charge in [0.2, 0.25) is 5.91 Å². The van der Waals surface area contributed by atoms with Crippen molar-refractivity contribution in [1.82, 2.24) is 5.32 Å². The maximum Gasteiger partial charge on any atom is 0.312 e. The number of rotatable bonds is 9. The molecule has 1 unspecified atom stereocenters. The molecule has 178 valence electrons. The highest BCUT2D eigenvalue weighted by atomic mass is 32.2. The largest absolute Gasteiger partial charge is 0.495 e. The first kappa shape index (κ1) is 24.5. The number of ether oxygens (including phenoxy) is 1. The SMILES string of the molecule is COc1ccc(NC(=O)CC(NC(N)=O)c2ccccc2)cc1NS(=O)(=O)c1ccc(F)cc1. The molecule has 11 heteroatoms. The van der Waals surface area contributed by atoms with Crippen LogP contribution in [0, 0.1) is 5.82 Å². The third kappa shape index (κ3) is 6.45. The summed E-state index contributed by atoms with van der Waals surface area (Å²) in [7, 11) is -2.68. The Kier molecular flexibility index (Phi) is 7.69. The van der Waals surface area contributed by atoms with Crippen molar-refractivity contribution in [3.8, 4) is 5.75 Å². The summed E-state index contributed by atoms with van der Waals surface area (Å²) in [6, 6.07) is 16.1. The first-order chi connectivity index (χ1) is 16.2. The minimum atomic E-state index is -4.05. The number of sulfonamides is 1. The lowest BCUT2D eigenvalue weighted by atomic mass is 10.0. The van der Waals surface area contributed by atoms with Crippen LogP contribution in [0.15, 0.2) is 77.7 Å². The first-order valence-electron chi connectivity index (χ1n) is 10.0. The van der Waals surface area contributed by atoms with Crippen LogP contribution < -0.4 is 25.8 Å². The molecule has 3 aromatic rings. The lowest BCUT2D eigenvalue weighted by molar-refractivity contribution is -0.116. The minimum Gasteiger partial charge on any atom is -0.495 e. The molecule has 3 aromatic carbocycles. The molecule has 34 heavy (non-hydrogen) atoms. The van der Waals surface area contributed by atoms with Crippen molar-refractivity contribution in [3.63, 3.8) is 0 Å². The number of carbonyl (C=O) groups is 2. The van der Waals surface area contributed by atoms with Crippen molar-refractivity contribution in [1.29, 1.82) is 0 Å². The van der Waals surface area contributed by atoms with Crippen molar-refractivity contribution >= 4 is 33.3 Å². The fraction of sp³-hybridized carbons (Fsp3) is 0.130. The summed E-state index contributed by atoms with van der Waals surface area (Å²) < 4.78 is 46.1. The van der Waals surface area contributed by atoms with E-state index >= 15 is 0 Å². The number of primary amides is 1. The van der Waals surface area contributed by atoms with Gasteiger partial charge in [-0.25, -0.2) is 17.6 Å². The molecular formula is C23H23FN4O5S. The number of anilines is 2. The Morgan fingerprint density at radius 1 is 1.03 bits per heavy atom. The summed E-state index contributed by atoms with van der Waals surface area (Å²) in [6.45, 7) is 0. The Morgan fingerprint density at radius 2 is 1.71 bits per heavy atom. The molecule has 3 amide bonds. The van der Waals surface area contributed by atoms with Gasteiger partial charge in [-0.3, -0.25) is 9.52 Å². The lowest BCUT2D eigenvalue weighted by Gasteiger charge is -2.18. The van der Waals surface area contributed by atoms with Crippen LogP contribution in [0.1, 0.15) is 18.0 Å². The van der Waals surface area contributed by atoms with Crippen LogP contribution >= 0.6 is 0 Å². The molecule has 0 radical (unpaired) electrons. The van der Waals surface area contributed by atoms with Gasteiger partial charge in [-0.05, 0) is 48.0 Å². The molecule has 1 atom stereocenters. The molecule has 0 aliphatic rings. The maximum absolute atomic E-state index is 13.2. The second kappa shape index (κ2) is 10.7. The normalized spacial score (nSPS) is 11.8. The van der Waals surface area contributed by atoms with Gasteiger partial charge in [-0.1, -0.05) is 30.3 Å². The highest BCUT2D eigenvalue weighted by molar-refractivity contribution is 7.92. The molecule has 0 heterocycles. The van der Waals surface area contributed by atoms with Crippen LogP contribution in [-0.4, -0.2) is 27.5 Å². The number of methoxy groups -OCH3 is 1. The second-order valence-electron chi connectivity index (χ2n) is 7.20. The van der Waals surface area contributed by atoms with E-state index in [1.807, 2.05) is 0 Å². The highest BCUT2D eigenvalue weighted by Crippen LogP contribution is 2.30. The Balaban J connectivity index is 1.78. The lowest BCUT2D eigenvalue weighted by Crippen LogP contribution is -2.35. The average molecular weight is 487 g/mol. The van der Waals surface area contributed by atoms with Gasteiger partial charge in [-0.15, -0.1) is 0 Å². The predicted octanol–water partition coefficient (Wildman–Crippen LogP) is 3.37. The molecule has 0 aliphatic carbocycles. The van der Waals surface area contributed by atoms with Gasteiger partial charge < -0.3 is 21.1 Å². The standard InChI is InChI=1S/C23H23FN4O5S/c1-33-21-12-9-17(13-20(21)28-34(31,32)18-10-7-16(24)8-11-18)26-22(29)14-19(27-23(25)30)15-5-3-2-4-6-15/h2-13,19,28H,14H2,1H3,(H,26,29)(H3,25,27,30). The van der Waals surface area contributed by atoms with Crippen molar-refractivity contribution in [2.45, 2.75) is 17.4 Å². The third-order valence-electron chi connectivity index (χ3n) is 4.76. The van der Waals surface area contributed by atoms with E-state index in [0.29, 0.717) is 5.56 Å². The molecule has 0 saturated heterocycles. The van der Waals surface area contributed by atoms with E-state index in [2.05, 4.69) is 15.4 Å². The predicted molar refractivity (Wildman–Crippen MR) is 125 cm³/mol. The minimum absolute atomic E-state index is 0.0690. The van der Waals surface area contributed by atoms with Crippen molar-refractivity contribution in [2.75, 3.05) is 17.1 Å². The smallest absolute Gasteiger partial charge is 0.312 e. The maximum atomic E-state index is 13.2. The summed E-state index contributed by atoms with van der Waals surface area (Å²) in [5, 5.41) is 5.20. The zero-order chi connectivity index (χ0) is 24.7. The Labute approximate surface area is 196 Å². The molecule has 0 aliphatic heterocycles. The van der Waals surface area contributed by atoms with Gasteiger partial charge in [0, 0.05) is 5.69 Å². The van der Waals surface area contributed by atoms with Crippen LogP contribution in [0.3, 0.4) is 0 Å². The van der Waals surface area contributed by atoms with Gasteiger partial charge in [0.1, 0.15) is 11.6 Å². The van der Waals surface area contributed by atoms with E-state index in [0.717, 1.165) is 24.3 Å². The number of hydrogen-bond donors (Lipinski definition) is 4. The van der Waals surface area contributed by atoms with Crippen LogP contribution in [-0.2, 0) is 14.8 Å². The van der Waals surface area contributed by atoms with Gasteiger partial charge in [-0.2, -0.15) is 0 Å². The molecule has 0 spiro atoms. The molecule has 0 fully saturated rings. The average Bonchev–Trinajstić information content (AvgIpc) is 2.79. The van der Waals surface area contributed by atoms with E-state index in [9.17, 15) is 22.4 Å². The molecule has 5 N–H and O–H groups in total. The molecule has 3 rings (SSSR count). The van der Waals surface area contributed by atoms with E-state index in [4.69, 9.17) is 10.5 Å². The number of amides is 3. The number of hydrogen-bond acceptors (Lipinski definition) is 5. The zero-order valence-electron chi connectivity index (χ0n) is 18.1. The molecule has 9 nitrogen and oxygen atoms in total. The Bertz CT molecular complexity index is 1270. The van der Waals surface area contributed by atoms with E-state index < -0.39 is 33.8 Å². The number of benzene rings is 3. The number of nitrogens with two attached hydrogens (primary N) is 1. The second-order valence-corrected chi connectivity index (χ2v) is 8.88. The summed E-state index contributed by atoms with van der Waals surface area (Å²) in [5.41, 5.74) is 6.29. The fourth-order valence-corrected chi connectivity index (χ4v) is 4.25. The molecule has 0 aromatic heterocycles. The van der Waals surface area contributed by atoms with E-state index in [1.54, 1.807) is 30.3 Å².